The lowest BCUT2D eigenvalue weighted by Crippen LogP contribution is -2.56. The fourth-order valence-electron chi connectivity index (χ4n) is 3.29. The molecule has 1 atom stereocenters. The highest BCUT2D eigenvalue weighted by atomic mass is 35.5. The van der Waals surface area contributed by atoms with Crippen LogP contribution in [0, 0.1) is 0 Å². The summed E-state index contributed by atoms with van der Waals surface area (Å²) in [7, 11) is 0. The van der Waals surface area contributed by atoms with Gasteiger partial charge >= 0.3 is 6.18 Å². The number of carbonyl (C=O) groups is 1. The molecule has 6 nitrogen and oxygen atoms in total. The molecule has 3 rings (SSSR count). The molecule has 1 N–H and O–H groups in total. The summed E-state index contributed by atoms with van der Waals surface area (Å²) in [4.78, 5) is 14.3. The van der Waals surface area contributed by atoms with E-state index in [-0.39, 0.29) is 43.8 Å². The average molecular weight is 354 g/mol. The second-order valence-corrected chi connectivity index (χ2v) is 5.78. The maximum Gasteiger partial charge on any atom is 0.451 e. The van der Waals surface area contributed by atoms with Crippen LogP contribution in [-0.2, 0) is 24.1 Å². The van der Waals surface area contributed by atoms with Crippen LogP contribution in [0.1, 0.15) is 37.8 Å². The first-order valence-electron chi connectivity index (χ1n) is 7.41. The van der Waals surface area contributed by atoms with Crippen LogP contribution in [0.25, 0.3) is 0 Å². The molecule has 0 saturated carbocycles. The van der Waals surface area contributed by atoms with Crippen molar-refractivity contribution in [1.29, 1.82) is 0 Å². The Labute approximate surface area is 137 Å². The van der Waals surface area contributed by atoms with E-state index in [2.05, 4.69) is 15.5 Å². The third kappa shape index (κ3) is 3.03. The minimum atomic E-state index is -4.52. The number of hydrogen-bond donors (Lipinski definition) is 1. The molecule has 1 aromatic rings. The van der Waals surface area contributed by atoms with Gasteiger partial charge in [-0.1, -0.05) is 6.92 Å². The Morgan fingerprint density at radius 1 is 1.35 bits per heavy atom. The number of rotatable bonds is 2. The molecule has 23 heavy (non-hydrogen) atoms. The van der Waals surface area contributed by atoms with Gasteiger partial charge in [0.25, 0.3) is 0 Å². The molecule has 1 aromatic heterocycles. The third-order valence-corrected chi connectivity index (χ3v) is 4.55. The normalized spacial score (nSPS) is 24.3. The average Bonchev–Trinajstić information content (AvgIpc) is 3.12. The van der Waals surface area contributed by atoms with Crippen molar-refractivity contribution in [2.24, 2.45) is 0 Å². The van der Waals surface area contributed by atoms with Gasteiger partial charge in [0.2, 0.25) is 11.7 Å². The van der Waals surface area contributed by atoms with Crippen molar-refractivity contribution in [2.75, 3.05) is 13.1 Å². The molecule has 10 heteroatoms. The molecule has 0 aliphatic carbocycles. The van der Waals surface area contributed by atoms with E-state index in [0.717, 1.165) is 24.0 Å². The number of amides is 1. The summed E-state index contributed by atoms with van der Waals surface area (Å²) < 4.78 is 39.5. The summed E-state index contributed by atoms with van der Waals surface area (Å²) >= 11 is 0. The van der Waals surface area contributed by atoms with Crippen LogP contribution in [-0.4, -0.2) is 44.2 Å². The van der Waals surface area contributed by atoms with Crippen molar-refractivity contribution in [3.8, 4) is 0 Å². The first-order chi connectivity index (χ1) is 10.4. The van der Waals surface area contributed by atoms with Gasteiger partial charge in [0.1, 0.15) is 0 Å². The number of carbonyl (C=O) groups excluding carboxylic acids is 1. The summed E-state index contributed by atoms with van der Waals surface area (Å²) in [5, 5.41) is 10.1. The standard InChI is InChI=1S/C13H18F3N5O.ClH/c1-2-12(4-3-5-17-12)11(22)20-6-7-21-9(8-20)18-19-10(21)13(14,15)16;/h17H,2-8H2,1H3;1H. The van der Waals surface area contributed by atoms with E-state index < -0.39 is 17.5 Å². The van der Waals surface area contributed by atoms with Gasteiger partial charge in [-0.3, -0.25) is 4.79 Å². The van der Waals surface area contributed by atoms with Gasteiger partial charge in [0.05, 0.1) is 12.1 Å². The lowest BCUT2D eigenvalue weighted by atomic mass is 9.92. The van der Waals surface area contributed by atoms with Crippen molar-refractivity contribution in [3.05, 3.63) is 11.6 Å². The molecular formula is C13H19ClF3N5O. The Balaban J connectivity index is 0.00000192. The van der Waals surface area contributed by atoms with Crippen molar-refractivity contribution >= 4 is 18.3 Å². The van der Waals surface area contributed by atoms with Gasteiger partial charge in [-0.05, 0) is 25.8 Å². The second-order valence-electron chi connectivity index (χ2n) is 5.78. The van der Waals surface area contributed by atoms with Gasteiger partial charge < -0.3 is 14.8 Å². The van der Waals surface area contributed by atoms with Crippen molar-refractivity contribution in [2.45, 2.75) is 51.0 Å². The van der Waals surface area contributed by atoms with Gasteiger partial charge in [-0.25, -0.2) is 0 Å². The molecule has 2 aliphatic rings. The summed E-state index contributed by atoms with van der Waals surface area (Å²) in [6.45, 7) is 3.14. The molecule has 1 amide bonds. The van der Waals surface area contributed by atoms with Crippen LogP contribution in [0.2, 0.25) is 0 Å². The fourth-order valence-corrected chi connectivity index (χ4v) is 3.29. The van der Waals surface area contributed by atoms with Gasteiger partial charge in [0, 0.05) is 13.1 Å². The highest BCUT2D eigenvalue weighted by Crippen LogP contribution is 2.31. The summed E-state index contributed by atoms with van der Waals surface area (Å²) in [6, 6.07) is 0. The van der Waals surface area contributed by atoms with E-state index in [1.165, 1.54) is 0 Å². The Hall–Kier alpha value is -1.35. The van der Waals surface area contributed by atoms with E-state index in [1.54, 1.807) is 4.90 Å². The van der Waals surface area contributed by atoms with Crippen LogP contribution in [0.15, 0.2) is 0 Å². The number of nitrogens with one attached hydrogen (secondary N) is 1. The molecular weight excluding hydrogens is 335 g/mol. The van der Waals surface area contributed by atoms with Crippen LogP contribution in [0.5, 0.6) is 0 Å². The van der Waals surface area contributed by atoms with Crippen molar-refractivity contribution in [1.82, 2.24) is 25.0 Å². The quantitative estimate of drug-likeness (QED) is 0.877. The zero-order valence-electron chi connectivity index (χ0n) is 12.7. The molecule has 3 heterocycles. The number of aromatic nitrogens is 3. The molecule has 2 aliphatic heterocycles. The van der Waals surface area contributed by atoms with E-state index in [4.69, 9.17) is 0 Å². The van der Waals surface area contributed by atoms with Crippen LogP contribution >= 0.6 is 12.4 Å². The lowest BCUT2D eigenvalue weighted by Gasteiger charge is -2.36. The second kappa shape index (κ2) is 6.27. The van der Waals surface area contributed by atoms with E-state index in [9.17, 15) is 18.0 Å². The zero-order valence-corrected chi connectivity index (χ0v) is 13.5. The maximum absolute atomic E-state index is 12.8. The minimum absolute atomic E-state index is 0. The molecule has 0 aromatic carbocycles. The number of nitrogens with zero attached hydrogens (tertiary/aromatic N) is 4. The molecule has 0 radical (unpaired) electrons. The van der Waals surface area contributed by atoms with Crippen LogP contribution in [0.3, 0.4) is 0 Å². The summed E-state index contributed by atoms with van der Waals surface area (Å²) in [5.41, 5.74) is -0.574. The highest BCUT2D eigenvalue weighted by Gasteiger charge is 2.44. The van der Waals surface area contributed by atoms with Crippen molar-refractivity contribution in [3.63, 3.8) is 0 Å². The summed E-state index contributed by atoms with van der Waals surface area (Å²) in [5.74, 6) is -0.842. The molecule has 0 spiro atoms. The Bertz CT molecular complexity index is 583. The largest absolute Gasteiger partial charge is 0.451 e. The van der Waals surface area contributed by atoms with Gasteiger partial charge in [0.15, 0.2) is 5.82 Å². The topological polar surface area (TPSA) is 63.1 Å². The first kappa shape index (κ1) is 18.0. The Morgan fingerprint density at radius 3 is 2.65 bits per heavy atom. The molecule has 0 bridgehead atoms. The predicted octanol–water partition coefficient (Wildman–Crippen LogP) is 1.59. The lowest BCUT2D eigenvalue weighted by molar-refractivity contribution is -0.148. The third-order valence-electron chi connectivity index (χ3n) is 4.55. The van der Waals surface area contributed by atoms with Gasteiger partial charge in [-0.15, -0.1) is 22.6 Å². The Kier molecular flexibility index (Phi) is 4.91. The molecule has 1 saturated heterocycles. The van der Waals surface area contributed by atoms with Gasteiger partial charge in [-0.2, -0.15) is 13.2 Å². The molecule has 1 fully saturated rings. The summed E-state index contributed by atoms with van der Waals surface area (Å²) in [6.07, 6.45) is -2.15. The van der Waals surface area contributed by atoms with E-state index in [1.807, 2.05) is 6.92 Å². The fraction of sp³-hybridized carbons (Fsp3) is 0.769. The number of hydrogen-bond acceptors (Lipinski definition) is 4. The van der Waals surface area contributed by atoms with E-state index in [0.29, 0.717) is 6.42 Å². The zero-order chi connectivity index (χ0) is 16.0. The number of alkyl halides is 3. The highest BCUT2D eigenvalue weighted by molar-refractivity contribution is 5.86. The smallest absolute Gasteiger partial charge is 0.332 e. The van der Waals surface area contributed by atoms with Crippen LogP contribution < -0.4 is 5.32 Å². The van der Waals surface area contributed by atoms with Crippen LogP contribution in [0.4, 0.5) is 13.2 Å². The molecule has 130 valence electrons. The predicted molar refractivity (Wildman–Crippen MR) is 77.9 cm³/mol. The number of fused-ring (bicyclic) bond motifs is 1. The number of halogens is 4. The molecule has 1 unspecified atom stereocenters. The Morgan fingerprint density at radius 2 is 2.09 bits per heavy atom. The SMILES string of the molecule is CCC1(C(=O)N2CCn3c(nnc3C(F)(F)F)C2)CCCN1.Cl. The first-order valence-corrected chi connectivity index (χ1v) is 7.41. The van der Waals surface area contributed by atoms with E-state index >= 15 is 0 Å². The monoisotopic (exact) mass is 353 g/mol. The van der Waals surface area contributed by atoms with Crippen molar-refractivity contribution < 1.29 is 18.0 Å². The minimum Gasteiger partial charge on any atom is -0.332 e. The maximum atomic E-state index is 12.8.